The second kappa shape index (κ2) is 5.87. The molecule has 1 heterocycles. The monoisotopic (exact) mass is 312 g/mol. The van der Waals surface area contributed by atoms with E-state index >= 15 is 0 Å². The van der Waals surface area contributed by atoms with Gasteiger partial charge in [0.05, 0.1) is 12.2 Å². The van der Waals surface area contributed by atoms with Gasteiger partial charge in [0.1, 0.15) is 22.2 Å². The fraction of sp³-hybridized carbons (Fsp3) is 0.286. The summed E-state index contributed by atoms with van der Waals surface area (Å²) < 4.78 is 45.0. The third-order valence-electron chi connectivity index (χ3n) is 3.09. The van der Waals surface area contributed by atoms with Crippen LogP contribution in [0.2, 0.25) is 0 Å². The molecule has 0 aliphatic carbocycles. The third-order valence-corrected chi connectivity index (χ3v) is 5.10. The van der Waals surface area contributed by atoms with Gasteiger partial charge in [0.2, 0.25) is 0 Å². The number of rotatable bonds is 5. The summed E-state index contributed by atoms with van der Waals surface area (Å²) >= 11 is 0. The molecule has 0 aliphatic rings. The molecule has 5 nitrogen and oxygen atoms in total. The van der Waals surface area contributed by atoms with E-state index in [4.69, 9.17) is 10.2 Å². The van der Waals surface area contributed by atoms with Gasteiger partial charge in [0.15, 0.2) is 0 Å². The van der Waals surface area contributed by atoms with Crippen LogP contribution in [0.5, 0.6) is 0 Å². The highest BCUT2D eigenvalue weighted by Gasteiger charge is 2.28. The average molecular weight is 312 g/mol. The molecule has 21 heavy (non-hydrogen) atoms. The highest BCUT2D eigenvalue weighted by molar-refractivity contribution is 7.92. The first-order chi connectivity index (χ1) is 9.90. The predicted octanol–water partition coefficient (Wildman–Crippen LogP) is 2.40. The topological polar surface area (TPSA) is 76.5 Å². The van der Waals surface area contributed by atoms with Crippen molar-refractivity contribution in [1.29, 1.82) is 0 Å². The van der Waals surface area contributed by atoms with Crippen LogP contribution in [0.3, 0.4) is 0 Å². The molecule has 0 unspecified atom stereocenters. The molecule has 0 radical (unpaired) electrons. The lowest BCUT2D eigenvalue weighted by atomic mass is 10.3. The Bertz CT molecular complexity index is 723. The highest BCUT2D eigenvalue weighted by Crippen LogP contribution is 2.27. The maximum Gasteiger partial charge on any atom is 0.267 e. The van der Waals surface area contributed by atoms with Crippen molar-refractivity contribution in [3.05, 3.63) is 47.7 Å². The molecule has 0 saturated heterocycles. The Morgan fingerprint density at radius 1 is 1.29 bits per heavy atom. The van der Waals surface area contributed by atoms with Crippen molar-refractivity contribution in [2.45, 2.75) is 25.3 Å². The van der Waals surface area contributed by atoms with Gasteiger partial charge in [-0.25, -0.2) is 12.8 Å². The number of furan rings is 1. The number of sulfonamides is 1. The molecule has 0 atom stereocenters. The smallest absolute Gasteiger partial charge is 0.267 e. The Labute approximate surface area is 123 Å². The SMILES string of the molecule is CCN(c1ccc(F)cc1)S(=O)(=O)c1cc(CN)oc1C. The fourth-order valence-electron chi connectivity index (χ4n) is 2.10. The van der Waals surface area contributed by atoms with Crippen molar-refractivity contribution in [2.24, 2.45) is 5.73 Å². The van der Waals surface area contributed by atoms with Crippen LogP contribution in [-0.2, 0) is 16.6 Å². The fourth-order valence-corrected chi connectivity index (χ4v) is 3.76. The molecule has 2 aromatic rings. The zero-order chi connectivity index (χ0) is 15.6. The molecule has 0 fully saturated rings. The van der Waals surface area contributed by atoms with Gasteiger partial charge in [-0.3, -0.25) is 4.31 Å². The second-order valence-corrected chi connectivity index (χ2v) is 6.31. The molecule has 2 rings (SSSR count). The van der Waals surface area contributed by atoms with Crippen molar-refractivity contribution in [2.75, 3.05) is 10.8 Å². The molecule has 0 aliphatic heterocycles. The van der Waals surface area contributed by atoms with Gasteiger partial charge in [-0.2, -0.15) is 0 Å². The standard InChI is InChI=1S/C14H17FN2O3S/c1-3-17(12-6-4-11(15)5-7-12)21(18,19)14-8-13(9-16)20-10(14)2/h4-8H,3,9,16H2,1-2H3. The van der Waals surface area contributed by atoms with Crippen molar-refractivity contribution in [1.82, 2.24) is 0 Å². The Morgan fingerprint density at radius 3 is 2.38 bits per heavy atom. The number of nitrogens with zero attached hydrogens (tertiary/aromatic N) is 1. The lowest BCUT2D eigenvalue weighted by Gasteiger charge is -2.22. The number of aryl methyl sites for hydroxylation is 1. The largest absolute Gasteiger partial charge is 0.464 e. The lowest BCUT2D eigenvalue weighted by molar-refractivity contribution is 0.479. The Morgan fingerprint density at radius 2 is 1.90 bits per heavy atom. The minimum atomic E-state index is -3.78. The summed E-state index contributed by atoms with van der Waals surface area (Å²) in [5, 5.41) is 0. The van der Waals surface area contributed by atoms with Gasteiger partial charge in [-0.05, 0) is 38.1 Å². The summed E-state index contributed by atoms with van der Waals surface area (Å²) in [5.41, 5.74) is 5.86. The van der Waals surface area contributed by atoms with Crippen LogP contribution in [0.25, 0.3) is 0 Å². The first-order valence-corrected chi connectivity index (χ1v) is 7.91. The number of nitrogens with two attached hydrogens (primary N) is 1. The van der Waals surface area contributed by atoms with Gasteiger partial charge in [0, 0.05) is 12.6 Å². The van der Waals surface area contributed by atoms with E-state index in [-0.39, 0.29) is 23.7 Å². The van der Waals surface area contributed by atoms with Gasteiger partial charge in [-0.1, -0.05) is 0 Å². The Kier molecular flexibility index (Phi) is 4.34. The second-order valence-electron chi connectivity index (χ2n) is 4.48. The summed E-state index contributed by atoms with van der Waals surface area (Å²) in [6.45, 7) is 3.63. The van der Waals surface area contributed by atoms with Crippen molar-refractivity contribution < 1.29 is 17.2 Å². The van der Waals surface area contributed by atoms with E-state index in [0.717, 1.165) is 0 Å². The molecule has 1 aromatic heterocycles. The van der Waals surface area contributed by atoms with E-state index in [2.05, 4.69) is 0 Å². The van der Waals surface area contributed by atoms with Crippen LogP contribution >= 0.6 is 0 Å². The zero-order valence-electron chi connectivity index (χ0n) is 11.8. The average Bonchev–Trinajstić information content (AvgIpc) is 2.83. The van der Waals surface area contributed by atoms with Crippen molar-refractivity contribution >= 4 is 15.7 Å². The van der Waals surface area contributed by atoms with Gasteiger partial charge >= 0.3 is 0 Å². The summed E-state index contributed by atoms with van der Waals surface area (Å²) in [4.78, 5) is 0.0779. The van der Waals surface area contributed by atoms with E-state index in [0.29, 0.717) is 11.4 Å². The number of anilines is 1. The van der Waals surface area contributed by atoms with E-state index in [1.807, 2.05) is 0 Å². The molecule has 2 N–H and O–H groups in total. The first kappa shape index (κ1) is 15.5. The van der Waals surface area contributed by atoms with Crippen LogP contribution in [0.1, 0.15) is 18.4 Å². The number of benzene rings is 1. The number of hydrogen-bond donors (Lipinski definition) is 1. The van der Waals surface area contributed by atoms with Crippen LogP contribution < -0.4 is 10.0 Å². The van der Waals surface area contributed by atoms with E-state index in [1.165, 1.54) is 34.6 Å². The molecule has 7 heteroatoms. The molecule has 114 valence electrons. The molecular formula is C14H17FN2O3S. The zero-order valence-corrected chi connectivity index (χ0v) is 12.7. The number of halogens is 1. The Hall–Kier alpha value is -1.86. The van der Waals surface area contributed by atoms with Gasteiger partial charge in [0.25, 0.3) is 10.0 Å². The summed E-state index contributed by atoms with van der Waals surface area (Å²) in [6.07, 6.45) is 0. The van der Waals surface area contributed by atoms with E-state index in [9.17, 15) is 12.8 Å². The highest BCUT2D eigenvalue weighted by atomic mass is 32.2. The molecule has 0 saturated carbocycles. The predicted molar refractivity (Wildman–Crippen MR) is 77.9 cm³/mol. The van der Waals surface area contributed by atoms with Crippen LogP contribution in [0.4, 0.5) is 10.1 Å². The maximum atomic E-state index is 13.0. The normalized spacial score (nSPS) is 11.6. The minimum absolute atomic E-state index is 0.0779. The van der Waals surface area contributed by atoms with Gasteiger partial charge in [-0.15, -0.1) is 0 Å². The van der Waals surface area contributed by atoms with Crippen LogP contribution in [0.15, 0.2) is 39.6 Å². The van der Waals surface area contributed by atoms with E-state index in [1.54, 1.807) is 13.8 Å². The van der Waals surface area contributed by atoms with Crippen molar-refractivity contribution in [3.63, 3.8) is 0 Å². The summed E-state index contributed by atoms with van der Waals surface area (Å²) in [5.74, 6) is 0.273. The maximum absolute atomic E-state index is 13.0. The van der Waals surface area contributed by atoms with Crippen molar-refractivity contribution in [3.8, 4) is 0 Å². The van der Waals surface area contributed by atoms with Gasteiger partial charge < -0.3 is 10.2 Å². The quantitative estimate of drug-likeness (QED) is 0.919. The molecule has 0 amide bonds. The Balaban J connectivity index is 2.49. The van der Waals surface area contributed by atoms with Crippen LogP contribution in [0, 0.1) is 12.7 Å². The molecule has 0 spiro atoms. The first-order valence-electron chi connectivity index (χ1n) is 6.47. The molecule has 1 aromatic carbocycles. The summed E-state index contributed by atoms with van der Waals surface area (Å²) in [6, 6.07) is 6.73. The third kappa shape index (κ3) is 2.93. The number of hydrogen-bond acceptors (Lipinski definition) is 4. The molecular weight excluding hydrogens is 295 g/mol. The minimum Gasteiger partial charge on any atom is -0.464 e. The summed E-state index contributed by atoms with van der Waals surface area (Å²) in [7, 11) is -3.78. The lowest BCUT2D eigenvalue weighted by Crippen LogP contribution is -2.30. The molecule has 0 bridgehead atoms. The van der Waals surface area contributed by atoms with E-state index < -0.39 is 15.8 Å². The van der Waals surface area contributed by atoms with Crippen LogP contribution in [-0.4, -0.2) is 15.0 Å².